The van der Waals surface area contributed by atoms with Crippen molar-refractivity contribution in [3.63, 3.8) is 0 Å². The van der Waals surface area contributed by atoms with Crippen molar-refractivity contribution in [2.75, 3.05) is 0 Å². The van der Waals surface area contributed by atoms with E-state index in [-0.39, 0.29) is 11.5 Å². The minimum atomic E-state index is 0.246. The molecular formula is C18H13O2. The van der Waals surface area contributed by atoms with Crippen molar-refractivity contribution in [2.24, 2.45) is 0 Å². The van der Waals surface area contributed by atoms with Gasteiger partial charge in [-0.15, -0.1) is 0 Å². The lowest BCUT2D eigenvalue weighted by molar-refractivity contribution is 0.475. The first-order valence-corrected chi connectivity index (χ1v) is 6.33. The molecule has 0 aliphatic heterocycles. The lowest BCUT2D eigenvalue weighted by Gasteiger charge is -2.10. The average Bonchev–Trinajstić information content (AvgIpc) is 2.49. The van der Waals surface area contributed by atoms with Gasteiger partial charge in [0.25, 0.3) is 0 Å². The predicted octanol–water partition coefficient (Wildman–Crippen LogP) is 4.23. The first-order chi connectivity index (χ1) is 9.74. The molecule has 20 heavy (non-hydrogen) atoms. The van der Waals surface area contributed by atoms with Gasteiger partial charge < -0.3 is 10.2 Å². The van der Waals surface area contributed by atoms with Crippen LogP contribution in [0.15, 0.2) is 66.7 Å². The molecule has 0 amide bonds. The summed E-state index contributed by atoms with van der Waals surface area (Å²) in [5.41, 5.74) is 4.02. The lowest BCUT2D eigenvalue weighted by Crippen LogP contribution is -1.85. The lowest BCUT2D eigenvalue weighted by atomic mass is 9.94. The van der Waals surface area contributed by atoms with Crippen molar-refractivity contribution < 1.29 is 10.2 Å². The molecule has 0 fully saturated rings. The Balaban J connectivity index is 2.13. The van der Waals surface area contributed by atoms with Gasteiger partial charge in [0.15, 0.2) is 0 Å². The van der Waals surface area contributed by atoms with E-state index in [2.05, 4.69) is 6.07 Å². The molecule has 0 bridgehead atoms. The van der Waals surface area contributed by atoms with Gasteiger partial charge in [-0.2, -0.15) is 0 Å². The molecule has 0 saturated heterocycles. The van der Waals surface area contributed by atoms with Crippen molar-refractivity contribution in [1.29, 1.82) is 0 Å². The predicted molar refractivity (Wildman–Crippen MR) is 79.5 cm³/mol. The fourth-order valence-electron chi connectivity index (χ4n) is 2.19. The largest absolute Gasteiger partial charge is 0.508 e. The molecule has 0 atom stereocenters. The third-order valence-electron chi connectivity index (χ3n) is 3.19. The van der Waals surface area contributed by atoms with E-state index in [4.69, 9.17) is 0 Å². The molecule has 97 valence electrons. The van der Waals surface area contributed by atoms with E-state index in [0.29, 0.717) is 0 Å². The second-order valence-corrected chi connectivity index (χ2v) is 4.55. The topological polar surface area (TPSA) is 40.5 Å². The highest BCUT2D eigenvalue weighted by molar-refractivity contribution is 5.83. The summed E-state index contributed by atoms with van der Waals surface area (Å²) in [4.78, 5) is 0. The molecule has 0 aliphatic rings. The first-order valence-electron chi connectivity index (χ1n) is 6.33. The van der Waals surface area contributed by atoms with E-state index < -0.39 is 0 Å². The molecule has 0 unspecified atom stereocenters. The number of phenolic OH excluding ortho intramolecular Hbond substituents is 2. The molecule has 3 aromatic carbocycles. The number of benzene rings is 3. The van der Waals surface area contributed by atoms with Gasteiger partial charge >= 0.3 is 0 Å². The molecule has 0 aromatic heterocycles. The minimum absolute atomic E-state index is 0.246. The van der Waals surface area contributed by atoms with Crippen molar-refractivity contribution in [3.05, 3.63) is 72.8 Å². The zero-order valence-corrected chi connectivity index (χ0v) is 10.7. The van der Waals surface area contributed by atoms with Crippen LogP contribution in [0, 0.1) is 6.07 Å². The summed E-state index contributed by atoms with van der Waals surface area (Å²) in [6.45, 7) is 0. The number of hydrogen-bond acceptors (Lipinski definition) is 2. The van der Waals surface area contributed by atoms with Crippen LogP contribution in [0.1, 0.15) is 0 Å². The number of hydrogen-bond donors (Lipinski definition) is 2. The summed E-state index contributed by atoms with van der Waals surface area (Å²) in [5, 5.41) is 18.8. The van der Waals surface area contributed by atoms with Crippen LogP contribution in [0.4, 0.5) is 0 Å². The van der Waals surface area contributed by atoms with Gasteiger partial charge in [0.2, 0.25) is 0 Å². The van der Waals surface area contributed by atoms with Gasteiger partial charge in [-0.1, -0.05) is 42.5 Å². The average molecular weight is 261 g/mol. The molecule has 0 heterocycles. The molecular weight excluding hydrogens is 248 g/mol. The number of aromatic hydroxyl groups is 2. The molecule has 3 aromatic rings. The van der Waals surface area contributed by atoms with Gasteiger partial charge in [0, 0.05) is 0 Å². The van der Waals surface area contributed by atoms with Crippen LogP contribution >= 0.6 is 0 Å². The Kier molecular flexibility index (Phi) is 3.13. The highest BCUT2D eigenvalue weighted by atomic mass is 16.3. The van der Waals surface area contributed by atoms with E-state index in [1.54, 1.807) is 24.3 Å². The summed E-state index contributed by atoms with van der Waals surface area (Å²) in [6, 6.07) is 23.2. The van der Waals surface area contributed by atoms with Gasteiger partial charge in [-0.25, -0.2) is 0 Å². The van der Waals surface area contributed by atoms with Crippen molar-refractivity contribution in [2.45, 2.75) is 0 Å². The summed E-state index contributed by atoms with van der Waals surface area (Å²) < 4.78 is 0. The Bertz CT molecular complexity index is 649. The van der Waals surface area contributed by atoms with Gasteiger partial charge in [0.05, 0.1) is 0 Å². The Labute approximate surface area is 117 Å². The Hall–Kier alpha value is -2.74. The van der Waals surface area contributed by atoms with Gasteiger partial charge in [-0.3, -0.25) is 0 Å². The van der Waals surface area contributed by atoms with Crippen LogP contribution in [0.2, 0.25) is 0 Å². The highest BCUT2D eigenvalue weighted by Crippen LogP contribution is 2.32. The third kappa shape index (κ3) is 2.36. The Morgan fingerprint density at radius 3 is 1.80 bits per heavy atom. The summed E-state index contributed by atoms with van der Waals surface area (Å²) >= 11 is 0. The number of rotatable bonds is 2. The fraction of sp³-hybridized carbons (Fsp3) is 0. The smallest absolute Gasteiger partial charge is 0.115 e. The van der Waals surface area contributed by atoms with E-state index >= 15 is 0 Å². The highest BCUT2D eigenvalue weighted by Gasteiger charge is 2.07. The molecule has 0 spiro atoms. The molecule has 1 radical (unpaired) electrons. The van der Waals surface area contributed by atoms with Crippen LogP contribution in [-0.4, -0.2) is 10.2 Å². The second-order valence-electron chi connectivity index (χ2n) is 4.55. The molecule has 2 heteroatoms. The number of phenols is 2. The zero-order chi connectivity index (χ0) is 13.9. The second kappa shape index (κ2) is 5.10. The fourth-order valence-corrected chi connectivity index (χ4v) is 2.19. The van der Waals surface area contributed by atoms with Gasteiger partial charge in [-0.05, 0) is 52.6 Å². The Morgan fingerprint density at radius 1 is 0.650 bits per heavy atom. The SMILES string of the molecule is Oc1ccc(-c2[c]cccc2-c2ccc(O)cc2)cc1. The maximum absolute atomic E-state index is 9.38. The van der Waals surface area contributed by atoms with Crippen LogP contribution in [0.25, 0.3) is 22.3 Å². The minimum Gasteiger partial charge on any atom is -0.508 e. The van der Waals surface area contributed by atoms with E-state index in [9.17, 15) is 10.2 Å². The molecule has 3 rings (SSSR count). The molecule has 0 saturated carbocycles. The third-order valence-corrected chi connectivity index (χ3v) is 3.19. The van der Waals surface area contributed by atoms with Crippen LogP contribution < -0.4 is 0 Å². The molecule has 2 nitrogen and oxygen atoms in total. The summed E-state index contributed by atoms with van der Waals surface area (Å²) in [7, 11) is 0. The van der Waals surface area contributed by atoms with E-state index in [0.717, 1.165) is 22.3 Å². The van der Waals surface area contributed by atoms with Gasteiger partial charge in [0.1, 0.15) is 11.5 Å². The summed E-state index contributed by atoms with van der Waals surface area (Å²) in [6.07, 6.45) is 0. The van der Waals surface area contributed by atoms with Crippen molar-refractivity contribution in [1.82, 2.24) is 0 Å². The first kappa shape index (κ1) is 12.3. The van der Waals surface area contributed by atoms with Crippen molar-refractivity contribution in [3.8, 4) is 33.8 Å². The van der Waals surface area contributed by atoms with E-state index in [1.807, 2.05) is 42.5 Å². The maximum atomic E-state index is 9.38. The standard InChI is InChI=1S/C18H13O2/c19-15-9-5-13(6-10-15)17-3-1-2-4-18(17)14-7-11-16(20)12-8-14/h1-3,5-12,19-20H. The maximum Gasteiger partial charge on any atom is 0.115 e. The zero-order valence-electron chi connectivity index (χ0n) is 10.7. The molecule has 2 N–H and O–H groups in total. The normalized spacial score (nSPS) is 10.4. The van der Waals surface area contributed by atoms with Crippen molar-refractivity contribution >= 4 is 0 Å². The summed E-state index contributed by atoms with van der Waals surface area (Å²) in [5.74, 6) is 0.496. The van der Waals surface area contributed by atoms with Crippen LogP contribution in [-0.2, 0) is 0 Å². The quantitative estimate of drug-likeness (QED) is 0.724. The molecule has 0 aliphatic carbocycles. The van der Waals surface area contributed by atoms with Crippen LogP contribution in [0.5, 0.6) is 11.5 Å². The van der Waals surface area contributed by atoms with E-state index in [1.165, 1.54) is 0 Å². The Morgan fingerprint density at radius 2 is 1.20 bits per heavy atom. The van der Waals surface area contributed by atoms with Crippen LogP contribution in [0.3, 0.4) is 0 Å². The monoisotopic (exact) mass is 261 g/mol.